The Balaban J connectivity index is 2.35. The number of fused-ring (bicyclic) bond motifs is 1. The number of hydrogen-bond acceptors (Lipinski definition) is 5. The van der Waals surface area contributed by atoms with Gasteiger partial charge < -0.3 is 9.15 Å². The first kappa shape index (κ1) is 19.2. The molecule has 5 heteroatoms. The number of benzene rings is 1. The number of hydrogen-bond donors (Lipinski definition) is 0. The summed E-state index contributed by atoms with van der Waals surface area (Å²) in [5.41, 5.74) is 1.08. The fourth-order valence-electron chi connectivity index (χ4n) is 2.84. The Morgan fingerprint density at radius 3 is 2.48 bits per heavy atom. The highest BCUT2D eigenvalue weighted by atomic mass is 16.5. The Bertz CT molecular complexity index is 775. The third-order valence-corrected chi connectivity index (χ3v) is 4.16. The fourth-order valence-corrected chi connectivity index (χ4v) is 2.84. The van der Waals surface area contributed by atoms with E-state index in [1.807, 2.05) is 12.1 Å². The third-order valence-electron chi connectivity index (χ3n) is 4.16. The predicted molar refractivity (Wildman–Crippen MR) is 99.1 cm³/mol. The summed E-state index contributed by atoms with van der Waals surface area (Å²) in [7, 11) is 0. The summed E-state index contributed by atoms with van der Waals surface area (Å²) in [6, 6.07) is 6.96. The molecule has 25 heavy (non-hydrogen) atoms. The van der Waals surface area contributed by atoms with E-state index in [4.69, 9.17) is 9.15 Å². The van der Waals surface area contributed by atoms with Crippen LogP contribution in [0.15, 0.2) is 33.5 Å². The van der Waals surface area contributed by atoms with Crippen LogP contribution >= 0.6 is 0 Å². The van der Waals surface area contributed by atoms with Crippen LogP contribution < -0.4 is 10.4 Å². The van der Waals surface area contributed by atoms with E-state index in [2.05, 4.69) is 18.7 Å². The first-order valence-corrected chi connectivity index (χ1v) is 8.90. The van der Waals surface area contributed by atoms with Gasteiger partial charge in [-0.1, -0.05) is 13.8 Å². The smallest absolute Gasteiger partial charge is 0.336 e. The summed E-state index contributed by atoms with van der Waals surface area (Å²) in [6.45, 7) is 10.2. The average Bonchev–Trinajstić information content (AvgIpc) is 2.54. The summed E-state index contributed by atoms with van der Waals surface area (Å²) in [6.07, 6.45) is 1.61. The molecule has 1 heterocycles. The van der Waals surface area contributed by atoms with E-state index < -0.39 is 6.10 Å². The molecule has 0 spiro atoms. The lowest BCUT2D eigenvalue weighted by molar-refractivity contribution is -0.122. The zero-order valence-corrected chi connectivity index (χ0v) is 15.5. The van der Waals surface area contributed by atoms with Gasteiger partial charge in [0.05, 0.1) is 0 Å². The van der Waals surface area contributed by atoms with Gasteiger partial charge in [-0.15, -0.1) is 0 Å². The number of carbonyl (C=O) groups excluding carboxylic acids is 1. The molecule has 0 aliphatic rings. The molecule has 5 nitrogen and oxygen atoms in total. The summed E-state index contributed by atoms with van der Waals surface area (Å²) in [4.78, 5) is 25.7. The molecular formula is C20H27NO4. The molecule has 0 saturated carbocycles. The number of ketones is 1. The summed E-state index contributed by atoms with van der Waals surface area (Å²) in [5, 5.41) is 0.902. The largest absolute Gasteiger partial charge is 0.483 e. The molecule has 0 radical (unpaired) electrons. The average molecular weight is 345 g/mol. The van der Waals surface area contributed by atoms with Crippen molar-refractivity contribution in [2.75, 3.05) is 13.1 Å². The molecule has 1 atom stereocenters. The molecule has 2 aromatic rings. The standard InChI is InChI=1S/C20H27NO4/c1-5-9-21(10-6-2)13-16-11-20(23)25-19-12-17(7-8-18(16)19)24-15(4)14(3)22/h7-8,11-12,15H,5-6,9-10,13H2,1-4H3. The monoisotopic (exact) mass is 345 g/mol. The summed E-state index contributed by atoms with van der Waals surface area (Å²) >= 11 is 0. The molecule has 0 aliphatic carbocycles. The second kappa shape index (κ2) is 8.81. The van der Waals surface area contributed by atoms with Crippen molar-refractivity contribution in [1.29, 1.82) is 0 Å². The van der Waals surface area contributed by atoms with Gasteiger partial charge in [0, 0.05) is 24.1 Å². The van der Waals surface area contributed by atoms with Crippen LogP contribution in [0.4, 0.5) is 0 Å². The number of ether oxygens (including phenoxy) is 1. The minimum atomic E-state index is -0.531. The molecule has 0 bridgehead atoms. The highest BCUT2D eigenvalue weighted by Gasteiger charge is 2.13. The Labute approximate surface area is 148 Å². The van der Waals surface area contributed by atoms with Crippen LogP contribution in [0, 0.1) is 0 Å². The van der Waals surface area contributed by atoms with E-state index in [1.165, 1.54) is 6.92 Å². The van der Waals surface area contributed by atoms with Crippen LogP contribution in [0.2, 0.25) is 0 Å². The van der Waals surface area contributed by atoms with Crippen molar-refractivity contribution in [3.05, 3.63) is 40.2 Å². The summed E-state index contributed by atoms with van der Waals surface area (Å²) in [5.74, 6) is 0.472. The Morgan fingerprint density at radius 1 is 1.20 bits per heavy atom. The quantitative estimate of drug-likeness (QED) is 0.648. The van der Waals surface area contributed by atoms with Gasteiger partial charge in [0.2, 0.25) is 0 Å². The molecule has 0 amide bonds. The molecule has 0 fully saturated rings. The first-order chi connectivity index (χ1) is 11.9. The fraction of sp³-hybridized carbons (Fsp3) is 0.500. The first-order valence-electron chi connectivity index (χ1n) is 8.90. The van der Waals surface area contributed by atoms with Crippen molar-refractivity contribution in [2.45, 2.75) is 53.2 Å². The zero-order chi connectivity index (χ0) is 18.4. The maximum absolute atomic E-state index is 12.0. The lowest BCUT2D eigenvalue weighted by Crippen LogP contribution is -2.25. The van der Waals surface area contributed by atoms with Gasteiger partial charge in [-0.05, 0) is 57.5 Å². The van der Waals surface area contributed by atoms with Crippen LogP contribution in [0.5, 0.6) is 5.75 Å². The van der Waals surface area contributed by atoms with Crippen LogP contribution in [0.3, 0.4) is 0 Å². The van der Waals surface area contributed by atoms with Crippen LogP contribution in [0.1, 0.15) is 46.1 Å². The van der Waals surface area contributed by atoms with Crippen molar-refractivity contribution in [3.8, 4) is 5.75 Å². The second-order valence-corrected chi connectivity index (χ2v) is 6.40. The van der Waals surface area contributed by atoms with Crippen LogP contribution in [-0.4, -0.2) is 29.9 Å². The molecular weight excluding hydrogens is 318 g/mol. The van der Waals surface area contributed by atoms with Crippen molar-refractivity contribution in [3.63, 3.8) is 0 Å². The topological polar surface area (TPSA) is 59.8 Å². The minimum absolute atomic E-state index is 0.0509. The van der Waals surface area contributed by atoms with Crippen molar-refractivity contribution < 1.29 is 13.9 Å². The molecule has 136 valence electrons. The van der Waals surface area contributed by atoms with E-state index in [1.54, 1.807) is 19.1 Å². The Hall–Kier alpha value is -2.14. The number of carbonyl (C=O) groups is 1. The van der Waals surface area contributed by atoms with Gasteiger partial charge in [-0.25, -0.2) is 4.79 Å². The third kappa shape index (κ3) is 5.16. The molecule has 1 aromatic carbocycles. The van der Waals surface area contributed by atoms with Gasteiger partial charge in [-0.2, -0.15) is 0 Å². The molecule has 1 aromatic heterocycles. The molecule has 0 aliphatic heterocycles. The maximum atomic E-state index is 12.0. The second-order valence-electron chi connectivity index (χ2n) is 6.40. The predicted octanol–water partition coefficient (Wildman–Crippen LogP) is 3.77. The lowest BCUT2D eigenvalue weighted by atomic mass is 10.1. The molecule has 0 saturated heterocycles. The van der Waals surface area contributed by atoms with Crippen molar-refractivity contribution >= 4 is 16.8 Å². The Morgan fingerprint density at radius 2 is 1.88 bits per heavy atom. The zero-order valence-electron chi connectivity index (χ0n) is 15.5. The van der Waals surface area contributed by atoms with Gasteiger partial charge in [0.15, 0.2) is 11.9 Å². The van der Waals surface area contributed by atoms with Gasteiger partial charge in [0.1, 0.15) is 11.3 Å². The van der Waals surface area contributed by atoms with E-state index in [-0.39, 0.29) is 11.4 Å². The van der Waals surface area contributed by atoms with E-state index in [0.717, 1.165) is 36.9 Å². The normalized spacial score (nSPS) is 12.5. The number of nitrogens with zero attached hydrogens (tertiary/aromatic N) is 1. The SMILES string of the molecule is CCCN(CCC)Cc1cc(=O)oc2cc(OC(C)C(C)=O)ccc12. The molecule has 1 unspecified atom stereocenters. The van der Waals surface area contributed by atoms with Crippen LogP contribution in [-0.2, 0) is 11.3 Å². The summed E-state index contributed by atoms with van der Waals surface area (Å²) < 4.78 is 10.9. The highest BCUT2D eigenvalue weighted by Crippen LogP contribution is 2.24. The van der Waals surface area contributed by atoms with Gasteiger partial charge in [-0.3, -0.25) is 9.69 Å². The van der Waals surface area contributed by atoms with Crippen molar-refractivity contribution in [2.24, 2.45) is 0 Å². The van der Waals surface area contributed by atoms with E-state index in [0.29, 0.717) is 17.9 Å². The maximum Gasteiger partial charge on any atom is 0.336 e. The highest BCUT2D eigenvalue weighted by molar-refractivity contribution is 5.82. The Kier molecular flexibility index (Phi) is 6.76. The van der Waals surface area contributed by atoms with Gasteiger partial charge in [0.25, 0.3) is 0 Å². The number of Topliss-reactive ketones (excluding diaryl/α,β-unsaturated/α-hetero) is 1. The van der Waals surface area contributed by atoms with Crippen LogP contribution in [0.25, 0.3) is 11.0 Å². The molecule has 0 N–H and O–H groups in total. The minimum Gasteiger partial charge on any atom is -0.483 e. The lowest BCUT2D eigenvalue weighted by Gasteiger charge is -2.21. The van der Waals surface area contributed by atoms with Crippen molar-refractivity contribution in [1.82, 2.24) is 4.90 Å². The molecule has 2 rings (SSSR count). The number of rotatable bonds is 9. The van der Waals surface area contributed by atoms with E-state index >= 15 is 0 Å². The van der Waals surface area contributed by atoms with Gasteiger partial charge >= 0.3 is 5.63 Å². The van der Waals surface area contributed by atoms with E-state index in [9.17, 15) is 9.59 Å².